The first kappa shape index (κ1) is 19.6. The quantitative estimate of drug-likeness (QED) is 0.596. The number of halogens is 1. The Bertz CT molecular complexity index is 1040. The number of hydrogen-bond acceptors (Lipinski definition) is 5. The van der Waals surface area contributed by atoms with Gasteiger partial charge < -0.3 is 5.11 Å². The molecule has 2 N–H and O–H groups in total. The number of rotatable bonds is 4. The van der Waals surface area contributed by atoms with Crippen molar-refractivity contribution in [3.63, 3.8) is 0 Å². The highest BCUT2D eigenvalue weighted by molar-refractivity contribution is 6.30. The molecule has 0 bridgehead atoms. The average Bonchev–Trinajstić information content (AvgIpc) is 3.41. The molecule has 0 saturated heterocycles. The van der Waals surface area contributed by atoms with Gasteiger partial charge in [-0.1, -0.05) is 43.0 Å². The number of pyridine rings is 1. The standard InChI is InChI=1S/C23H26ClN5O/c24-16-8-6-7-15(13-16)19-17-9-2-1-3-10-18(17)25-21(20(19)22-26-28-29-27-22)23(14-30)11-4-5-12-23/h6-8,13,30H,1-5,9-12,14H2,(H,26,27,28,29). The summed E-state index contributed by atoms with van der Waals surface area (Å²) in [5, 5.41) is 26.4. The lowest BCUT2D eigenvalue weighted by atomic mass is 9.77. The van der Waals surface area contributed by atoms with Gasteiger partial charge in [0.15, 0.2) is 0 Å². The first-order valence-electron chi connectivity index (χ1n) is 10.9. The zero-order valence-corrected chi connectivity index (χ0v) is 17.8. The Kier molecular flexibility index (Phi) is 5.29. The molecule has 2 aromatic heterocycles. The first-order chi connectivity index (χ1) is 14.7. The minimum atomic E-state index is -0.357. The van der Waals surface area contributed by atoms with Crippen LogP contribution in [0, 0.1) is 0 Å². The number of nitrogens with one attached hydrogen (secondary N) is 1. The molecule has 2 aliphatic carbocycles. The number of aromatic nitrogens is 5. The molecule has 1 aromatic carbocycles. The molecule has 3 aromatic rings. The second-order valence-electron chi connectivity index (χ2n) is 8.59. The minimum absolute atomic E-state index is 0.0820. The molecule has 0 amide bonds. The topological polar surface area (TPSA) is 87.6 Å². The van der Waals surface area contributed by atoms with E-state index in [2.05, 4.69) is 26.7 Å². The monoisotopic (exact) mass is 423 g/mol. The van der Waals surface area contributed by atoms with Crippen LogP contribution in [0.2, 0.25) is 5.02 Å². The van der Waals surface area contributed by atoms with Crippen LogP contribution in [0.3, 0.4) is 0 Å². The summed E-state index contributed by atoms with van der Waals surface area (Å²) < 4.78 is 0. The Morgan fingerprint density at radius 1 is 1.03 bits per heavy atom. The summed E-state index contributed by atoms with van der Waals surface area (Å²) in [5.74, 6) is 0.541. The molecule has 7 heteroatoms. The molecule has 5 rings (SSSR count). The van der Waals surface area contributed by atoms with Crippen LogP contribution in [0.5, 0.6) is 0 Å². The van der Waals surface area contributed by atoms with Gasteiger partial charge in [-0.05, 0) is 72.6 Å². The van der Waals surface area contributed by atoms with E-state index < -0.39 is 0 Å². The molecule has 1 saturated carbocycles. The average molecular weight is 424 g/mol. The van der Waals surface area contributed by atoms with Crippen molar-refractivity contribution in [2.45, 2.75) is 63.2 Å². The molecule has 1 fully saturated rings. The zero-order valence-electron chi connectivity index (χ0n) is 17.0. The van der Waals surface area contributed by atoms with E-state index in [-0.39, 0.29) is 12.0 Å². The number of aromatic amines is 1. The number of benzene rings is 1. The van der Waals surface area contributed by atoms with Crippen LogP contribution in [0.4, 0.5) is 0 Å². The summed E-state index contributed by atoms with van der Waals surface area (Å²) in [4.78, 5) is 5.25. The van der Waals surface area contributed by atoms with E-state index in [9.17, 15) is 5.11 Å². The fourth-order valence-corrected chi connectivity index (χ4v) is 5.46. The number of nitrogens with zero attached hydrogens (tertiary/aromatic N) is 4. The SMILES string of the molecule is OCC1(c2nc3c(c(-c4cccc(Cl)c4)c2-c2nn[nH]n2)CCCCC3)CCCC1. The van der Waals surface area contributed by atoms with E-state index in [0.29, 0.717) is 10.8 Å². The summed E-state index contributed by atoms with van der Waals surface area (Å²) in [5.41, 5.74) is 6.07. The smallest absolute Gasteiger partial charge is 0.207 e. The largest absolute Gasteiger partial charge is 0.395 e. The summed E-state index contributed by atoms with van der Waals surface area (Å²) in [7, 11) is 0. The van der Waals surface area contributed by atoms with Gasteiger partial charge >= 0.3 is 0 Å². The van der Waals surface area contributed by atoms with Crippen LogP contribution in [-0.4, -0.2) is 37.3 Å². The fourth-order valence-electron chi connectivity index (χ4n) is 5.27. The number of aliphatic hydroxyl groups excluding tert-OH is 1. The molecule has 0 radical (unpaired) electrons. The van der Waals surface area contributed by atoms with E-state index in [1.807, 2.05) is 18.2 Å². The van der Waals surface area contributed by atoms with Gasteiger partial charge in [0.1, 0.15) is 0 Å². The van der Waals surface area contributed by atoms with Crippen molar-refractivity contribution in [3.8, 4) is 22.5 Å². The summed E-state index contributed by atoms with van der Waals surface area (Å²) in [6.07, 6.45) is 9.45. The lowest BCUT2D eigenvalue weighted by molar-refractivity contribution is 0.192. The van der Waals surface area contributed by atoms with Crippen LogP contribution in [0.1, 0.15) is 61.9 Å². The minimum Gasteiger partial charge on any atom is -0.395 e. The molecule has 30 heavy (non-hydrogen) atoms. The van der Waals surface area contributed by atoms with E-state index in [4.69, 9.17) is 16.6 Å². The number of fused-ring (bicyclic) bond motifs is 1. The summed E-state index contributed by atoms with van der Waals surface area (Å²) in [6.45, 7) is 0.0820. The van der Waals surface area contributed by atoms with E-state index in [1.165, 1.54) is 12.0 Å². The Balaban J connectivity index is 1.88. The van der Waals surface area contributed by atoms with Gasteiger partial charge in [0.25, 0.3) is 0 Å². The van der Waals surface area contributed by atoms with Gasteiger partial charge in [0.05, 0.1) is 17.9 Å². The van der Waals surface area contributed by atoms with Crippen LogP contribution in [0.15, 0.2) is 24.3 Å². The van der Waals surface area contributed by atoms with Gasteiger partial charge in [0.2, 0.25) is 5.82 Å². The maximum Gasteiger partial charge on any atom is 0.207 e. The van der Waals surface area contributed by atoms with Crippen LogP contribution in [-0.2, 0) is 18.3 Å². The molecule has 0 unspecified atom stereocenters. The predicted molar refractivity (Wildman–Crippen MR) is 116 cm³/mol. The second kappa shape index (κ2) is 8.08. The van der Waals surface area contributed by atoms with Gasteiger partial charge in [-0.2, -0.15) is 5.21 Å². The highest BCUT2D eigenvalue weighted by Crippen LogP contribution is 2.48. The predicted octanol–water partition coefficient (Wildman–Crippen LogP) is 4.66. The molecule has 2 heterocycles. The lowest BCUT2D eigenvalue weighted by Crippen LogP contribution is -2.30. The molecule has 156 valence electrons. The van der Waals surface area contributed by atoms with Gasteiger partial charge in [0, 0.05) is 16.1 Å². The molecule has 2 aliphatic rings. The van der Waals surface area contributed by atoms with Gasteiger partial charge in [-0.15, -0.1) is 10.2 Å². The van der Waals surface area contributed by atoms with Gasteiger partial charge in [-0.25, -0.2) is 0 Å². The third kappa shape index (κ3) is 3.32. The second-order valence-corrected chi connectivity index (χ2v) is 9.02. The maximum absolute atomic E-state index is 10.5. The van der Waals surface area contributed by atoms with Crippen molar-refractivity contribution < 1.29 is 5.11 Å². The van der Waals surface area contributed by atoms with Crippen LogP contribution < -0.4 is 0 Å². The zero-order chi connectivity index (χ0) is 20.6. The van der Waals surface area contributed by atoms with Crippen molar-refractivity contribution in [1.82, 2.24) is 25.6 Å². The van der Waals surface area contributed by atoms with E-state index in [1.54, 1.807) is 0 Å². The lowest BCUT2D eigenvalue weighted by Gasteiger charge is -2.31. The summed E-state index contributed by atoms with van der Waals surface area (Å²) in [6, 6.07) is 7.99. The Labute approximate surface area is 181 Å². The molecular weight excluding hydrogens is 398 g/mol. The van der Waals surface area contributed by atoms with Crippen molar-refractivity contribution in [1.29, 1.82) is 0 Å². The molecule has 6 nitrogen and oxygen atoms in total. The highest BCUT2D eigenvalue weighted by Gasteiger charge is 2.41. The van der Waals surface area contributed by atoms with Crippen molar-refractivity contribution in [3.05, 3.63) is 46.2 Å². The van der Waals surface area contributed by atoms with E-state index >= 15 is 0 Å². The molecular formula is C23H26ClN5O. The third-order valence-corrected chi connectivity index (χ3v) is 7.01. The van der Waals surface area contributed by atoms with Gasteiger partial charge in [-0.3, -0.25) is 4.98 Å². The van der Waals surface area contributed by atoms with Crippen LogP contribution in [0.25, 0.3) is 22.5 Å². The number of aryl methyl sites for hydroxylation is 1. The number of hydrogen-bond donors (Lipinski definition) is 2. The Hall–Kier alpha value is -2.31. The van der Waals surface area contributed by atoms with Crippen molar-refractivity contribution in [2.75, 3.05) is 6.61 Å². The summed E-state index contributed by atoms with van der Waals surface area (Å²) >= 11 is 6.40. The number of tetrazole rings is 1. The Morgan fingerprint density at radius 2 is 1.87 bits per heavy atom. The third-order valence-electron chi connectivity index (χ3n) is 6.77. The molecule has 0 aliphatic heterocycles. The maximum atomic E-state index is 10.5. The van der Waals surface area contributed by atoms with Crippen LogP contribution >= 0.6 is 11.6 Å². The van der Waals surface area contributed by atoms with Crippen molar-refractivity contribution >= 4 is 11.6 Å². The normalized spacial score (nSPS) is 18.2. The molecule has 0 spiro atoms. The Morgan fingerprint density at radius 3 is 2.60 bits per heavy atom. The number of H-pyrrole nitrogens is 1. The first-order valence-corrected chi connectivity index (χ1v) is 11.3. The fraction of sp³-hybridized carbons (Fsp3) is 0.478. The highest BCUT2D eigenvalue weighted by atomic mass is 35.5. The van der Waals surface area contributed by atoms with E-state index in [0.717, 1.165) is 79.4 Å². The molecule has 0 atom stereocenters. The number of aliphatic hydroxyl groups is 1. The van der Waals surface area contributed by atoms with Crippen molar-refractivity contribution in [2.24, 2.45) is 0 Å².